The van der Waals surface area contributed by atoms with Gasteiger partial charge in [-0.1, -0.05) is 6.92 Å². The van der Waals surface area contributed by atoms with E-state index >= 15 is 0 Å². The maximum Gasteiger partial charge on any atom is 0.414 e. The summed E-state index contributed by atoms with van der Waals surface area (Å²) in [4.78, 5) is 0. The van der Waals surface area contributed by atoms with E-state index in [9.17, 15) is 18.3 Å². The molecular formula is C9H18F3NO2. The molecule has 0 aromatic heterocycles. The highest BCUT2D eigenvalue weighted by molar-refractivity contribution is 4.76. The zero-order valence-corrected chi connectivity index (χ0v) is 9.19. The molecule has 0 aliphatic rings. The molecule has 6 heteroatoms. The van der Waals surface area contributed by atoms with Crippen molar-refractivity contribution in [3.8, 4) is 0 Å². The molecule has 0 radical (unpaired) electrons. The van der Waals surface area contributed by atoms with Crippen molar-refractivity contribution in [2.24, 2.45) is 0 Å². The van der Waals surface area contributed by atoms with E-state index in [1.54, 1.807) is 0 Å². The van der Waals surface area contributed by atoms with Gasteiger partial charge in [0, 0.05) is 6.54 Å². The molecule has 0 aliphatic heterocycles. The van der Waals surface area contributed by atoms with E-state index in [1.807, 2.05) is 6.92 Å². The molecule has 0 aromatic carbocycles. The molecule has 3 nitrogen and oxygen atoms in total. The summed E-state index contributed by atoms with van der Waals surface area (Å²) in [5, 5.41) is 12.4. The van der Waals surface area contributed by atoms with E-state index in [0.717, 1.165) is 6.92 Å². The molecular weight excluding hydrogens is 211 g/mol. The van der Waals surface area contributed by atoms with Gasteiger partial charge < -0.3 is 15.2 Å². The molecule has 0 aromatic rings. The number of likely N-dealkylation sites (N-methyl/N-ethyl adjacent to an activating group) is 1. The monoisotopic (exact) mass is 229 g/mol. The van der Waals surface area contributed by atoms with Gasteiger partial charge in [0.2, 0.25) is 0 Å². The second kappa shape index (κ2) is 5.67. The van der Waals surface area contributed by atoms with Crippen molar-refractivity contribution < 1.29 is 23.0 Å². The Bertz CT molecular complexity index is 183. The normalized spacial score (nSPS) is 18.6. The van der Waals surface area contributed by atoms with Crippen molar-refractivity contribution in [1.82, 2.24) is 5.32 Å². The molecule has 2 atom stereocenters. The first-order valence-corrected chi connectivity index (χ1v) is 4.80. The van der Waals surface area contributed by atoms with Gasteiger partial charge in [0.05, 0.1) is 12.2 Å². The number of hydrogen-bond donors (Lipinski definition) is 2. The van der Waals surface area contributed by atoms with Crippen LogP contribution in [-0.2, 0) is 4.74 Å². The van der Waals surface area contributed by atoms with Crippen molar-refractivity contribution in [1.29, 1.82) is 0 Å². The van der Waals surface area contributed by atoms with Crippen molar-refractivity contribution in [2.45, 2.75) is 38.7 Å². The molecule has 2 N–H and O–H groups in total. The lowest BCUT2D eigenvalue weighted by Gasteiger charge is -2.26. The van der Waals surface area contributed by atoms with Gasteiger partial charge in [0.15, 0.2) is 6.10 Å². The minimum absolute atomic E-state index is 0.202. The maximum atomic E-state index is 12.1. The average molecular weight is 229 g/mol. The minimum atomic E-state index is -4.38. The van der Waals surface area contributed by atoms with Gasteiger partial charge in [-0.2, -0.15) is 13.2 Å². The highest BCUT2D eigenvalue weighted by atomic mass is 19.4. The Labute approximate surface area is 87.6 Å². The lowest BCUT2D eigenvalue weighted by atomic mass is 10.1. The highest BCUT2D eigenvalue weighted by Gasteiger charge is 2.38. The predicted molar refractivity (Wildman–Crippen MR) is 50.6 cm³/mol. The van der Waals surface area contributed by atoms with Crippen LogP contribution in [0.25, 0.3) is 0 Å². The maximum absolute atomic E-state index is 12.1. The van der Waals surface area contributed by atoms with Crippen LogP contribution in [0.1, 0.15) is 20.8 Å². The quantitative estimate of drug-likeness (QED) is 0.721. The van der Waals surface area contributed by atoms with Crippen LogP contribution in [0.2, 0.25) is 0 Å². The van der Waals surface area contributed by atoms with Crippen LogP contribution in [0, 0.1) is 0 Å². The van der Waals surface area contributed by atoms with E-state index in [0.29, 0.717) is 6.54 Å². The van der Waals surface area contributed by atoms with Crippen molar-refractivity contribution in [3.63, 3.8) is 0 Å². The van der Waals surface area contributed by atoms with Crippen LogP contribution in [0.3, 0.4) is 0 Å². The van der Waals surface area contributed by atoms with Crippen LogP contribution in [0.15, 0.2) is 0 Å². The summed E-state index contributed by atoms with van der Waals surface area (Å²) in [5.74, 6) is 0. The molecule has 0 bridgehead atoms. The van der Waals surface area contributed by atoms with E-state index < -0.39 is 17.9 Å². The Morgan fingerprint density at radius 1 is 1.40 bits per heavy atom. The summed E-state index contributed by atoms with van der Waals surface area (Å²) in [5.41, 5.74) is -1.28. The molecule has 0 aliphatic carbocycles. The zero-order chi connectivity index (χ0) is 12.1. The summed E-state index contributed by atoms with van der Waals surface area (Å²) in [6.07, 6.45) is -6.24. The molecule has 0 saturated heterocycles. The van der Waals surface area contributed by atoms with Crippen LogP contribution >= 0.6 is 0 Å². The van der Waals surface area contributed by atoms with Crippen molar-refractivity contribution in [2.75, 3.05) is 19.7 Å². The van der Waals surface area contributed by atoms with E-state index in [2.05, 4.69) is 10.1 Å². The highest BCUT2D eigenvalue weighted by Crippen LogP contribution is 2.23. The fourth-order valence-electron chi connectivity index (χ4n) is 0.844. The fraction of sp³-hybridized carbons (Fsp3) is 1.00. The van der Waals surface area contributed by atoms with E-state index in [1.165, 1.54) is 6.92 Å². The Balaban J connectivity index is 3.92. The molecule has 0 saturated carbocycles. The molecule has 0 fully saturated rings. The van der Waals surface area contributed by atoms with Crippen LogP contribution in [0.4, 0.5) is 13.2 Å². The summed E-state index contributed by atoms with van der Waals surface area (Å²) >= 11 is 0. The van der Waals surface area contributed by atoms with Crippen LogP contribution in [0.5, 0.6) is 0 Å². The van der Waals surface area contributed by atoms with E-state index in [-0.39, 0.29) is 13.2 Å². The first-order chi connectivity index (χ1) is 6.69. The number of alkyl halides is 3. The van der Waals surface area contributed by atoms with Gasteiger partial charge in [0.25, 0.3) is 0 Å². The van der Waals surface area contributed by atoms with Gasteiger partial charge in [-0.25, -0.2) is 0 Å². The molecule has 92 valence electrons. The number of ether oxygens (including phenoxy) is 1. The summed E-state index contributed by atoms with van der Waals surface area (Å²) in [7, 11) is 0. The largest absolute Gasteiger partial charge is 0.414 e. The molecule has 0 rings (SSSR count). The van der Waals surface area contributed by atoms with Crippen LogP contribution < -0.4 is 5.32 Å². The van der Waals surface area contributed by atoms with Gasteiger partial charge >= 0.3 is 6.18 Å². The number of rotatable bonds is 6. The fourth-order valence-corrected chi connectivity index (χ4v) is 0.844. The van der Waals surface area contributed by atoms with Gasteiger partial charge in [0.1, 0.15) is 0 Å². The topological polar surface area (TPSA) is 41.5 Å². The zero-order valence-electron chi connectivity index (χ0n) is 9.19. The Kier molecular flexibility index (Phi) is 5.55. The number of aliphatic hydroxyl groups is 1. The summed E-state index contributed by atoms with van der Waals surface area (Å²) in [6, 6.07) is 0. The molecule has 0 amide bonds. The third kappa shape index (κ3) is 6.70. The van der Waals surface area contributed by atoms with Gasteiger partial charge in [-0.3, -0.25) is 0 Å². The van der Waals surface area contributed by atoms with Crippen LogP contribution in [-0.4, -0.2) is 42.7 Å². The van der Waals surface area contributed by atoms with E-state index in [4.69, 9.17) is 0 Å². The lowest BCUT2D eigenvalue weighted by molar-refractivity contribution is -0.224. The van der Waals surface area contributed by atoms with Gasteiger partial charge in [-0.05, 0) is 20.4 Å². The first kappa shape index (κ1) is 14.7. The third-order valence-corrected chi connectivity index (χ3v) is 1.86. The number of nitrogens with one attached hydrogen (secondary N) is 1. The minimum Gasteiger partial charge on any atom is -0.386 e. The summed E-state index contributed by atoms with van der Waals surface area (Å²) < 4.78 is 40.7. The number of halogens is 3. The molecule has 0 heterocycles. The first-order valence-electron chi connectivity index (χ1n) is 4.80. The van der Waals surface area contributed by atoms with Crippen molar-refractivity contribution in [3.05, 3.63) is 0 Å². The Morgan fingerprint density at radius 3 is 2.33 bits per heavy atom. The molecule has 0 spiro atoms. The van der Waals surface area contributed by atoms with Crippen molar-refractivity contribution >= 4 is 0 Å². The molecule has 2 unspecified atom stereocenters. The predicted octanol–water partition coefficient (Wildman–Crippen LogP) is 1.31. The smallest absolute Gasteiger partial charge is 0.386 e. The Hall–Kier alpha value is -0.330. The second-order valence-corrected chi connectivity index (χ2v) is 3.77. The SMILES string of the molecule is CCNCC(C)(O)COC(C)C(F)(F)F. The summed E-state index contributed by atoms with van der Waals surface area (Å²) in [6.45, 7) is 4.69. The standard InChI is InChI=1S/C9H18F3NO2/c1-4-13-5-8(3,14)6-15-7(2)9(10,11)12/h7,13-14H,4-6H2,1-3H3. The number of hydrogen-bond acceptors (Lipinski definition) is 3. The van der Waals surface area contributed by atoms with Gasteiger partial charge in [-0.15, -0.1) is 0 Å². The average Bonchev–Trinajstić information content (AvgIpc) is 2.09. The second-order valence-electron chi connectivity index (χ2n) is 3.77. The third-order valence-electron chi connectivity index (χ3n) is 1.86. The lowest BCUT2D eigenvalue weighted by Crippen LogP contribution is -2.44. The molecule has 15 heavy (non-hydrogen) atoms. The Morgan fingerprint density at radius 2 is 1.93 bits per heavy atom.